The zero-order valence-electron chi connectivity index (χ0n) is 11.1. The molecule has 1 aliphatic carbocycles. The highest BCUT2D eigenvalue weighted by Gasteiger charge is 2.32. The van der Waals surface area contributed by atoms with Crippen molar-refractivity contribution < 1.29 is 9.18 Å². The second-order valence-electron chi connectivity index (χ2n) is 5.09. The fourth-order valence-electron chi connectivity index (χ4n) is 2.18. The topological polar surface area (TPSA) is 46.3 Å². The van der Waals surface area contributed by atoms with Crippen LogP contribution in [0.25, 0.3) is 0 Å². The number of halogens is 1. The summed E-state index contributed by atoms with van der Waals surface area (Å²) in [5, 5.41) is 0. The summed E-state index contributed by atoms with van der Waals surface area (Å²) < 4.78 is 13.6. The number of carbonyl (C=O) groups is 1. The molecular formula is C15H21FN2O. The molecule has 3 nitrogen and oxygen atoms in total. The van der Waals surface area contributed by atoms with Gasteiger partial charge in [-0.25, -0.2) is 4.39 Å². The van der Waals surface area contributed by atoms with Gasteiger partial charge in [0.25, 0.3) is 0 Å². The molecule has 0 heterocycles. The van der Waals surface area contributed by atoms with Gasteiger partial charge in [-0.3, -0.25) is 4.79 Å². The molecule has 104 valence electrons. The lowest BCUT2D eigenvalue weighted by molar-refractivity contribution is -0.132. The molecule has 1 amide bonds. The van der Waals surface area contributed by atoms with Gasteiger partial charge in [0, 0.05) is 24.6 Å². The summed E-state index contributed by atoms with van der Waals surface area (Å²) in [5.74, 6) is -0.109. The fraction of sp³-hybridized carbons (Fsp3) is 0.533. The molecule has 0 bridgehead atoms. The minimum absolute atomic E-state index is 0.124. The first kappa shape index (κ1) is 14.0. The highest BCUT2D eigenvalue weighted by atomic mass is 19.1. The third-order valence-corrected chi connectivity index (χ3v) is 3.45. The SMILES string of the molecule is NCCCCC(=O)N(Cc1ccccc1F)C1CC1. The number of hydrogen-bond donors (Lipinski definition) is 1. The number of nitrogens with two attached hydrogens (primary N) is 1. The van der Waals surface area contributed by atoms with Crippen LogP contribution in [0.2, 0.25) is 0 Å². The molecule has 2 N–H and O–H groups in total. The molecule has 2 rings (SSSR count). The minimum atomic E-state index is -0.233. The number of amides is 1. The van der Waals surface area contributed by atoms with Crippen molar-refractivity contribution >= 4 is 5.91 Å². The van der Waals surface area contributed by atoms with Crippen molar-refractivity contribution in [2.24, 2.45) is 5.73 Å². The van der Waals surface area contributed by atoms with E-state index in [0.29, 0.717) is 31.1 Å². The summed E-state index contributed by atoms with van der Waals surface area (Å²) in [6, 6.07) is 6.98. The Morgan fingerprint density at radius 1 is 1.32 bits per heavy atom. The number of rotatable bonds is 7. The van der Waals surface area contributed by atoms with Crippen molar-refractivity contribution in [2.45, 2.75) is 44.7 Å². The highest BCUT2D eigenvalue weighted by Crippen LogP contribution is 2.29. The van der Waals surface area contributed by atoms with E-state index in [1.165, 1.54) is 6.07 Å². The first-order valence-corrected chi connectivity index (χ1v) is 6.95. The van der Waals surface area contributed by atoms with Gasteiger partial charge in [0.05, 0.1) is 0 Å². The predicted molar refractivity (Wildman–Crippen MR) is 72.9 cm³/mol. The van der Waals surface area contributed by atoms with Gasteiger partial charge in [-0.05, 0) is 38.3 Å². The summed E-state index contributed by atoms with van der Waals surface area (Å²) in [7, 11) is 0. The second kappa shape index (κ2) is 6.66. The van der Waals surface area contributed by atoms with Gasteiger partial charge in [0.2, 0.25) is 5.91 Å². The van der Waals surface area contributed by atoms with Gasteiger partial charge in [-0.2, -0.15) is 0 Å². The van der Waals surface area contributed by atoms with Crippen molar-refractivity contribution in [3.63, 3.8) is 0 Å². The van der Waals surface area contributed by atoms with Gasteiger partial charge >= 0.3 is 0 Å². The molecule has 0 aliphatic heterocycles. The van der Waals surface area contributed by atoms with Crippen LogP contribution < -0.4 is 5.73 Å². The maximum atomic E-state index is 13.6. The van der Waals surface area contributed by atoms with E-state index in [1.54, 1.807) is 12.1 Å². The van der Waals surface area contributed by atoms with Crippen molar-refractivity contribution in [3.8, 4) is 0 Å². The lowest BCUT2D eigenvalue weighted by Crippen LogP contribution is -2.32. The lowest BCUT2D eigenvalue weighted by atomic mass is 10.1. The lowest BCUT2D eigenvalue weighted by Gasteiger charge is -2.23. The largest absolute Gasteiger partial charge is 0.335 e. The van der Waals surface area contributed by atoms with Gasteiger partial charge in [0.15, 0.2) is 0 Å². The Labute approximate surface area is 113 Å². The Morgan fingerprint density at radius 2 is 2.05 bits per heavy atom. The quantitative estimate of drug-likeness (QED) is 0.769. The maximum absolute atomic E-state index is 13.6. The predicted octanol–water partition coefficient (Wildman–Crippen LogP) is 2.45. The van der Waals surface area contributed by atoms with E-state index in [0.717, 1.165) is 25.7 Å². The maximum Gasteiger partial charge on any atom is 0.223 e. The van der Waals surface area contributed by atoms with Crippen molar-refractivity contribution in [1.82, 2.24) is 4.90 Å². The van der Waals surface area contributed by atoms with Gasteiger partial charge in [0.1, 0.15) is 5.82 Å². The molecule has 0 aromatic heterocycles. The van der Waals surface area contributed by atoms with Crippen molar-refractivity contribution in [2.75, 3.05) is 6.54 Å². The monoisotopic (exact) mass is 264 g/mol. The Balaban J connectivity index is 1.96. The van der Waals surface area contributed by atoms with Gasteiger partial charge in [-0.15, -0.1) is 0 Å². The summed E-state index contributed by atoms with van der Waals surface area (Å²) in [5.41, 5.74) is 6.03. The molecule has 1 aliphatic rings. The Hall–Kier alpha value is -1.42. The molecule has 1 saturated carbocycles. The number of carbonyl (C=O) groups excluding carboxylic acids is 1. The highest BCUT2D eigenvalue weighted by molar-refractivity contribution is 5.76. The molecule has 0 radical (unpaired) electrons. The smallest absolute Gasteiger partial charge is 0.223 e. The van der Waals surface area contributed by atoms with Crippen LogP contribution in [0.3, 0.4) is 0 Å². The van der Waals surface area contributed by atoms with Crippen LogP contribution in [0.5, 0.6) is 0 Å². The first-order valence-electron chi connectivity index (χ1n) is 6.95. The summed E-state index contributed by atoms with van der Waals surface area (Å²) in [4.78, 5) is 14.0. The number of benzene rings is 1. The molecular weight excluding hydrogens is 243 g/mol. The van der Waals surface area contributed by atoms with Crippen molar-refractivity contribution in [3.05, 3.63) is 35.6 Å². The Kier molecular flexibility index (Phi) is 4.91. The normalized spacial score (nSPS) is 14.4. The van der Waals surface area contributed by atoms with E-state index in [1.807, 2.05) is 11.0 Å². The van der Waals surface area contributed by atoms with E-state index < -0.39 is 0 Å². The molecule has 1 fully saturated rings. The molecule has 0 atom stereocenters. The van der Waals surface area contributed by atoms with Crippen LogP contribution in [0.1, 0.15) is 37.7 Å². The van der Waals surface area contributed by atoms with Gasteiger partial charge in [-0.1, -0.05) is 18.2 Å². The standard InChI is InChI=1S/C15H21FN2O/c16-14-6-2-1-5-12(14)11-18(13-8-9-13)15(19)7-3-4-10-17/h1-2,5-6,13H,3-4,7-11,17H2. The van der Waals surface area contributed by atoms with Crippen molar-refractivity contribution in [1.29, 1.82) is 0 Å². The van der Waals surface area contributed by atoms with Gasteiger partial charge < -0.3 is 10.6 Å². The second-order valence-corrected chi connectivity index (χ2v) is 5.09. The molecule has 1 aromatic rings. The fourth-order valence-corrected chi connectivity index (χ4v) is 2.18. The summed E-state index contributed by atoms with van der Waals surface area (Å²) in [6.45, 7) is 1.00. The van der Waals surface area contributed by atoms with E-state index in [2.05, 4.69) is 0 Å². The van der Waals surface area contributed by atoms with Crippen LogP contribution in [-0.2, 0) is 11.3 Å². The summed E-state index contributed by atoms with van der Waals surface area (Å²) in [6.07, 6.45) is 4.27. The molecule has 19 heavy (non-hydrogen) atoms. The third kappa shape index (κ3) is 4.03. The zero-order valence-corrected chi connectivity index (χ0v) is 11.1. The first-order chi connectivity index (χ1) is 9.22. The Morgan fingerprint density at radius 3 is 2.68 bits per heavy atom. The molecule has 0 spiro atoms. The number of hydrogen-bond acceptors (Lipinski definition) is 2. The Bertz CT molecular complexity index is 432. The average Bonchev–Trinajstić information content (AvgIpc) is 3.22. The number of nitrogens with zero attached hydrogens (tertiary/aromatic N) is 1. The molecule has 4 heteroatoms. The average molecular weight is 264 g/mol. The van der Waals surface area contributed by atoms with E-state index in [4.69, 9.17) is 5.73 Å². The van der Waals surface area contributed by atoms with Crippen LogP contribution >= 0.6 is 0 Å². The molecule has 1 aromatic carbocycles. The molecule has 0 unspecified atom stereocenters. The minimum Gasteiger partial charge on any atom is -0.335 e. The van der Waals surface area contributed by atoms with Crippen LogP contribution in [0.4, 0.5) is 4.39 Å². The molecule has 0 saturated heterocycles. The third-order valence-electron chi connectivity index (χ3n) is 3.45. The van der Waals surface area contributed by atoms with Crippen LogP contribution in [0.15, 0.2) is 24.3 Å². The van der Waals surface area contributed by atoms with E-state index >= 15 is 0 Å². The summed E-state index contributed by atoms with van der Waals surface area (Å²) >= 11 is 0. The van der Waals surface area contributed by atoms with Crippen LogP contribution in [-0.4, -0.2) is 23.4 Å². The zero-order chi connectivity index (χ0) is 13.7. The van der Waals surface area contributed by atoms with E-state index in [9.17, 15) is 9.18 Å². The van der Waals surface area contributed by atoms with Crippen LogP contribution in [0, 0.1) is 5.82 Å². The number of unbranched alkanes of at least 4 members (excludes halogenated alkanes) is 1. The van der Waals surface area contributed by atoms with E-state index in [-0.39, 0.29) is 11.7 Å².